The fourth-order valence-electron chi connectivity index (χ4n) is 3.78. The molecule has 0 fully saturated rings. The maximum absolute atomic E-state index is 14.2. The summed E-state index contributed by atoms with van der Waals surface area (Å²) in [5.74, 6) is -0.269. The molecular formula is C25H34FN5O2. The van der Waals surface area contributed by atoms with Crippen molar-refractivity contribution in [2.45, 2.75) is 59.3 Å². The number of H-pyrrole nitrogens is 1. The topological polar surface area (TPSA) is 85.8 Å². The zero-order valence-electron chi connectivity index (χ0n) is 19.9. The van der Waals surface area contributed by atoms with Crippen LogP contribution < -0.4 is 10.1 Å². The van der Waals surface area contributed by atoms with E-state index in [9.17, 15) is 9.50 Å². The number of halogens is 1. The maximum Gasteiger partial charge on any atom is 0.167 e. The first-order valence-corrected chi connectivity index (χ1v) is 11.4. The molecule has 0 spiro atoms. The Kier molecular flexibility index (Phi) is 8.41. The van der Waals surface area contributed by atoms with Crippen molar-refractivity contribution in [2.75, 3.05) is 13.1 Å². The van der Waals surface area contributed by atoms with E-state index in [1.807, 2.05) is 20.8 Å². The molecule has 0 saturated carbocycles. The predicted octanol–water partition coefficient (Wildman–Crippen LogP) is 4.73. The average Bonchev–Trinajstić information content (AvgIpc) is 3.08. The second-order valence-electron chi connectivity index (χ2n) is 8.52. The summed E-state index contributed by atoms with van der Waals surface area (Å²) in [6.07, 6.45) is 7.70. The lowest BCUT2D eigenvalue weighted by Crippen LogP contribution is -2.35. The van der Waals surface area contributed by atoms with Crippen LogP contribution in [0.5, 0.6) is 5.75 Å². The summed E-state index contributed by atoms with van der Waals surface area (Å²) in [6.45, 7) is 13.5. The molecule has 1 aliphatic heterocycles. The lowest BCUT2D eigenvalue weighted by molar-refractivity contribution is 0.00991. The van der Waals surface area contributed by atoms with Gasteiger partial charge in [-0.25, -0.2) is 9.38 Å². The number of hydrogen-bond acceptors (Lipinski definition) is 5. The van der Waals surface area contributed by atoms with Gasteiger partial charge in [0.25, 0.3) is 0 Å². The van der Waals surface area contributed by atoms with Crippen LogP contribution >= 0.6 is 0 Å². The molecule has 2 aromatic rings. The monoisotopic (exact) mass is 455 g/mol. The van der Waals surface area contributed by atoms with Crippen LogP contribution in [0.4, 0.5) is 4.39 Å². The molecule has 7 nitrogen and oxygen atoms in total. The number of rotatable bonds is 9. The van der Waals surface area contributed by atoms with E-state index in [2.05, 4.69) is 51.1 Å². The van der Waals surface area contributed by atoms with Crippen LogP contribution in [0.1, 0.15) is 52.7 Å². The van der Waals surface area contributed by atoms with Gasteiger partial charge in [0.1, 0.15) is 11.9 Å². The second-order valence-corrected chi connectivity index (χ2v) is 8.52. The number of aromatic amines is 1. The van der Waals surface area contributed by atoms with Gasteiger partial charge in [-0.2, -0.15) is 5.10 Å². The number of aromatic nitrogens is 2. The first-order chi connectivity index (χ1) is 15.8. The van der Waals surface area contributed by atoms with Gasteiger partial charge in [0.05, 0.1) is 23.7 Å². The number of benzene rings is 1. The van der Waals surface area contributed by atoms with Crippen molar-refractivity contribution in [3.05, 3.63) is 53.6 Å². The minimum Gasteiger partial charge on any atom is -0.488 e. The van der Waals surface area contributed by atoms with Crippen molar-refractivity contribution < 1.29 is 14.2 Å². The highest BCUT2D eigenvalue weighted by atomic mass is 19.1. The molecule has 0 saturated heterocycles. The van der Waals surface area contributed by atoms with Crippen LogP contribution in [-0.2, 0) is 0 Å². The summed E-state index contributed by atoms with van der Waals surface area (Å²) < 4.78 is 19.8. The summed E-state index contributed by atoms with van der Waals surface area (Å²) in [4.78, 5) is 6.49. The molecule has 1 atom stereocenters. The third-order valence-electron chi connectivity index (χ3n) is 5.38. The van der Waals surface area contributed by atoms with E-state index in [0.29, 0.717) is 28.7 Å². The van der Waals surface area contributed by atoms with Gasteiger partial charge < -0.3 is 15.2 Å². The molecule has 0 amide bonds. The van der Waals surface area contributed by atoms with Gasteiger partial charge in [-0.3, -0.25) is 10.00 Å². The van der Waals surface area contributed by atoms with Crippen molar-refractivity contribution in [1.29, 1.82) is 0 Å². The molecule has 3 rings (SSSR count). The third-order valence-corrected chi connectivity index (χ3v) is 5.38. The number of ether oxygens (including phenoxy) is 1. The highest BCUT2D eigenvalue weighted by molar-refractivity contribution is 5.91. The number of allylic oxidation sites excluding steroid dienone is 2. The molecule has 0 bridgehead atoms. The van der Waals surface area contributed by atoms with Crippen molar-refractivity contribution in [3.63, 3.8) is 0 Å². The summed E-state index contributed by atoms with van der Waals surface area (Å²) in [7, 11) is 0. The molecule has 3 N–H and O–H groups in total. The van der Waals surface area contributed by atoms with Gasteiger partial charge in [0, 0.05) is 36.7 Å². The SMILES string of the molecule is C=C(N=CN/C(C)=C\C1=CCC(O)N(CCC)CC1)c1n[nH]c2cc(F)c(OC(C)C)cc12. The number of hydrogen-bond donors (Lipinski definition) is 3. The van der Waals surface area contributed by atoms with Crippen LogP contribution in [-0.4, -0.2) is 52.0 Å². The fraction of sp³-hybridized carbons (Fsp3) is 0.440. The third kappa shape index (κ3) is 6.52. The maximum atomic E-state index is 14.2. The van der Waals surface area contributed by atoms with E-state index in [1.165, 1.54) is 11.6 Å². The standard InChI is InChI=1S/C25H34FN5O2/c1-6-10-31-11-9-19(7-8-24(31)32)12-17(4)27-15-28-18(5)25-20-13-23(33-16(2)3)21(26)14-22(20)29-30-25/h7,12-16,24,32H,5-6,8-11H2,1-4H3,(H,27,28)(H,29,30)/b17-12-. The van der Waals surface area contributed by atoms with Crippen molar-refractivity contribution in [3.8, 4) is 5.75 Å². The number of fused-ring (bicyclic) bond motifs is 1. The van der Waals surface area contributed by atoms with Gasteiger partial charge >= 0.3 is 0 Å². The van der Waals surface area contributed by atoms with Crippen LogP contribution in [0.15, 0.2) is 47.1 Å². The van der Waals surface area contributed by atoms with Crippen molar-refractivity contribution >= 4 is 22.9 Å². The minimum absolute atomic E-state index is 0.144. The smallest absolute Gasteiger partial charge is 0.167 e. The Hall–Kier alpha value is -2.97. The number of aliphatic hydroxyl groups excluding tert-OH is 1. The van der Waals surface area contributed by atoms with Crippen molar-refractivity contribution in [1.82, 2.24) is 20.4 Å². The molecular weight excluding hydrogens is 421 g/mol. The zero-order valence-corrected chi connectivity index (χ0v) is 19.9. The van der Waals surface area contributed by atoms with Crippen LogP contribution in [0.25, 0.3) is 16.6 Å². The van der Waals surface area contributed by atoms with E-state index >= 15 is 0 Å². The molecule has 1 aromatic heterocycles. The van der Waals surface area contributed by atoms with Crippen LogP contribution in [0, 0.1) is 5.82 Å². The number of nitrogens with zero attached hydrogens (tertiary/aromatic N) is 3. The van der Waals surface area contributed by atoms with E-state index in [0.717, 1.165) is 31.6 Å². The van der Waals surface area contributed by atoms with E-state index < -0.39 is 12.0 Å². The molecule has 33 heavy (non-hydrogen) atoms. The quantitative estimate of drug-likeness (QED) is 0.376. The fourth-order valence-corrected chi connectivity index (χ4v) is 3.78. The molecule has 1 aliphatic rings. The Morgan fingerprint density at radius 3 is 3.00 bits per heavy atom. The number of aliphatic imine (C=N–C) groups is 1. The minimum atomic E-state index is -0.443. The molecule has 2 heterocycles. The Bertz CT molecular complexity index is 1070. The zero-order chi connectivity index (χ0) is 24.0. The molecule has 1 aromatic carbocycles. The first-order valence-electron chi connectivity index (χ1n) is 11.4. The Morgan fingerprint density at radius 2 is 2.27 bits per heavy atom. The lowest BCUT2D eigenvalue weighted by Gasteiger charge is -2.24. The van der Waals surface area contributed by atoms with E-state index in [-0.39, 0.29) is 11.9 Å². The number of nitrogens with one attached hydrogen (secondary N) is 2. The average molecular weight is 456 g/mol. The van der Waals surface area contributed by atoms with E-state index in [4.69, 9.17) is 4.74 Å². The van der Waals surface area contributed by atoms with E-state index in [1.54, 1.807) is 12.4 Å². The van der Waals surface area contributed by atoms with Crippen LogP contribution in [0.3, 0.4) is 0 Å². The summed E-state index contributed by atoms with van der Waals surface area (Å²) >= 11 is 0. The molecule has 178 valence electrons. The van der Waals surface area contributed by atoms with Gasteiger partial charge in [0.15, 0.2) is 11.6 Å². The largest absolute Gasteiger partial charge is 0.488 e. The number of aliphatic hydroxyl groups is 1. The summed E-state index contributed by atoms with van der Waals surface area (Å²) in [5.41, 5.74) is 3.64. The normalized spacial score (nSPS) is 18.1. The van der Waals surface area contributed by atoms with Gasteiger partial charge in [-0.15, -0.1) is 0 Å². The van der Waals surface area contributed by atoms with Crippen molar-refractivity contribution in [2.24, 2.45) is 4.99 Å². The summed E-state index contributed by atoms with van der Waals surface area (Å²) in [6, 6.07) is 2.99. The molecule has 8 heteroatoms. The molecule has 0 aliphatic carbocycles. The first kappa shape index (κ1) is 24.7. The Morgan fingerprint density at radius 1 is 1.48 bits per heavy atom. The highest BCUT2D eigenvalue weighted by Crippen LogP contribution is 2.29. The highest BCUT2D eigenvalue weighted by Gasteiger charge is 2.17. The van der Waals surface area contributed by atoms with Gasteiger partial charge in [-0.05, 0) is 51.3 Å². The lowest BCUT2D eigenvalue weighted by atomic mass is 10.1. The molecule has 0 radical (unpaired) electrons. The Balaban J connectivity index is 1.65. The summed E-state index contributed by atoms with van der Waals surface area (Å²) in [5, 5.41) is 21.2. The predicted molar refractivity (Wildman–Crippen MR) is 131 cm³/mol. The van der Waals surface area contributed by atoms with Gasteiger partial charge in [-0.1, -0.05) is 19.6 Å². The molecule has 1 unspecified atom stereocenters. The van der Waals surface area contributed by atoms with Crippen LogP contribution in [0.2, 0.25) is 0 Å². The van der Waals surface area contributed by atoms with Gasteiger partial charge in [0.2, 0.25) is 0 Å². The Labute approximate surface area is 194 Å². The second kappa shape index (κ2) is 11.2.